The molecule has 0 fully saturated rings. The minimum absolute atomic E-state index is 0.199. The molecule has 0 aliphatic carbocycles. The third-order valence-corrected chi connectivity index (χ3v) is 2.76. The highest BCUT2D eigenvalue weighted by Gasteiger charge is 2.08. The van der Waals surface area contributed by atoms with Gasteiger partial charge in [-0.1, -0.05) is 42.5 Å². The number of nitrogens with two attached hydrogens (primary N) is 1. The molecule has 0 heterocycles. The van der Waals surface area contributed by atoms with E-state index in [-0.39, 0.29) is 12.6 Å². The first-order valence-corrected chi connectivity index (χ1v) is 5.92. The van der Waals surface area contributed by atoms with Gasteiger partial charge >= 0.3 is 5.97 Å². The molecular weight excluding hydrogens is 242 g/mol. The maximum Gasteiger partial charge on any atom is 0.341 e. The molecule has 19 heavy (non-hydrogen) atoms. The minimum atomic E-state index is -0.995. The molecule has 3 N–H and O–H groups in total. The molecule has 0 saturated heterocycles. The zero-order valence-corrected chi connectivity index (χ0v) is 10.3. The Balaban J connectivity index is 2.08. The summed E-state index contributed by atoms with van der Waals surface area (Å²) in [6.45, 7) is -0.343. The van der Waals surface area contributed by atoms with Crippen molar-refractivity contribution in [2.24, 2.45) is 5.73 Å². The van der Waals surface area contributed by atoms with Crippen LogP contribution in [0.5, 0.6) is 5.75 Å². The third-order valence-electron chi connectivity index (χ3n) is 2.76. The van der Waals surface area contributed by atoms with E-state index in [9.17, 15) is 4.79 Å². The lowest BCUT2D eigenvalue weighted by atomic mass is 10.00. The molecule has 0 aromatic heterocycles. The second-order valence-corrected chi connectivity index (χ2v) is 4.14. The van der Waals surface area contributed by atoms with Crippen molar-refractivity contribution in [3.8, 4) is 5.75 Å². The first-order valence-electron chi connectivity index (χ1n) is 5.92. The smallest absolute Gasteiger partial charge is 0.341 e. The Labute approximate surface area is 111 Å². The largest absolute Gasteiger partial charge is 0.482 e. The Morgan fingerprint density at radius 1 is 1.05 bits per heavy atom. The Kier molecular flexibility index (Phi) is 4.15. The van der Waals surface area contributed by atoms with Crippen LogP contribution in [0.25, 0.3) is 0 Å². The molecule has 0 bridgehead atoms. The predicted molar refractivity (Wildman–Crippen MR) is 72.0 cm³/mol. The normalized spacial score (nSPS) is 11.8. The van der Waals surface area contributed by atoms with Gasteiger partial charge in [-0.3, -0.25) is 0 Å². The molecule has 0 amide bonds. The van der Waals surface area contributed by atoms with Gasteiger partial charge in [0, 0.05) is 0 Å². The maximum atomic E-state index is 10.4. The van der Waals surface area contributed by atoms with Crippen molar-refractivity contribution in [3.63, 3.8) is 0 Å². The molecule has 2 aromatic carbocycles. The van der Waals surface area contributed by atoms with E-state index >= 15 is 0 Å². The van der Waals surface area contributed by atoms with Crippen molar-refractivity contribution in [2.45, 2.75) is 6.04 Å². The Bertz CT molecular complexity index is 537. The summed E-state index contributed by atoms with van der Waals surface area (Å²) >= 11 is 0. The fourth-order valence-electron chi connectivity index (χ4n) is 1.77. The number of hydrogen-bond acceptors (Lipinski definition) is 3. The third kappa shape index (κ3) is 3.56. The van der Waals surface area contributed by atoms with E-state index in [2.05, 4.69) is 0 Å². The van der Waals surface area contributed by atoms with Crippen molar-refractivity contribution >= 4 is 5.97 Å². The van der Waals surface area contributed by atoms with Gasteiger partial charge in [-0.15, -0.1) is 0 Å². The van der Waals surface area contributed by atoms with Crippen molar-refractivity contribution in [3.05, 3.63) is 65.7 Å². The molecule has 1 unspecified atom stereocenters. The highest BCUT2D eigenvalue weighted by atomic mass is 16.5. The Morgan fingerprint density at radius 3 is 2.21 bits per heavy atom. The van der Waals surface area contributed by atoms with Gasteiger partial charge in [0.25, 0.3) is 0 Å². The number of carboxylic acid groups (broad SMARTS) is 1. The number of aliphatic carboxylic acids is 1. The molecule has 0 radical (unpaired) electrons. The SMILES string of the molecule is NC(c1ccccc1)c1ccc(OCC(=O)O)cc1. The minimum Gasteiger partial charge on any atom is -0.482 e. The molecule has 0 spiro atoms. The number of rotatable bonds is 5. The van der Waals surface area contributed by atoms with Crippen LogP contribution in [-0.4, -0.2) is 17.7 Å². The summed E-state index contributed by atoms with van der Waals surface area (Å²) in [5, 5.41) is 8.52. The van der Waals surface area contributed by atoms with Crippen LogP contribution in [-0.2, 0) is 4.79 Å². The average Bonchev–Trinajstić information content (AvgIpc) is 2.46. The zero-order chi connectivity index (χ0) is 13.7. The molecule has 2 rings (SSSR count). The Morgan fingerprint density at radius 2 is 1.63 bits per heavy atom. The van der Waals surface area contributed by atoms with E-state index in [1.165, 1.54) is 0 Å². The summed E-state index contributed by atoms with van der Waals surface area (Å²) in [6.07, 6.45) is 0. The lowest BCUT2D eigenvalue weighted by Gasteiger charge is -2.13. The lowest BCUT2D eigenvalue weighted by Crippen LogP contribution is -2.12. The summed E-state index contributed by atoms with van der Waals surface area (Å²) < 4.78 is 5.07. The highest BCUT2D eigenvalue weighted by Crippen LogP contribution is 2.21. The van der Waals surface area contributed by atoms with Crippen LogP contribution in [0, 0.1) is 0 Å². The number of ether oxygens (including phenoxy) is 1. The van der Waals surface area contributed by atoms with E-state index in [0.29, 0.717) is 5.75 Å². The number of carboxylic acids is 1. The van der Waals surface area contributed by atoms with Crippen molar-refractivity contribution < 1.29 is 14.6 Å². The topological polar surface area (TPSA) is 72.5 Å². The van der Waals surface area contributed by atoms with Crippen LogP contribution in [0.2, 0.25) is 0 Å². The van der Waals surface area contributed by atoms with E-state index < -0.39 is 5.97 Å². The van der Waals surface area contributed by atoms with Crippen molar-refractivity contribution in [1.29, 1.82) is 0 Å². The molecule has 1 atom stereocenters. The number of benzene rings is 2. The number of carbonyl (C=O) groups is 1. The van der Waals surface area contributed by atoms with Gasteiger partial charge in [0.1, 0.15) is 5.75 Å². The maximum absolute atomic E-state index is 10.4. The van der Waals surface area contributed by atoms with Crippen LogP contribution < -0.4 is 10.5 Å². The van der Waals surface area contributed by atoms with Crippen molar-refractivity contribution in [1.82, 2.24) is 0 Å². The van der Waals surface area contributed by atoms with Crippen LogP contribution >= 0.6 is 0 Å². The highest BCUT2D eigenvalue weighted by molar-refractivity contribution is 5.68. The van der Waals surface area contributed by atoms with Gasteiger partial charge in [0.15, 0.2) is 6.61 Å². The first-order chi connectivity index (χ1) is 9.16. The van der Waals surface area contributed by atoms with Gasteiger partial charge in [-0.25, -0.2) is 4.79 Å². The number of hydrogen-bond donors (Lipinski definition) is 2. The van der Waals surface area contributed by atoms with Gasteiger partial charge in [-0.05, 0) is 23.3 Å². The second kappa shape index (κ2) is 6.02. The predicted octanol–water partition coefficient (Wildman–Crippen LogP) is 2.20. The van der Waals surface area contributed by atoms with Gasteiger partial charge in [0.2, 0.25) is 0 Å². The van der Waals surface area contributed by atoms with Gasteiger partial charge < -0.3 is 15.6 Å². The summed E-state index contributed by atoms with van der Waals surface area (Å²) in [7, 11) is 0. The van der Waals surface area contributed by atoms with E-state index in [1.807, 2.05) is 42.5 Å². The van der Waals surface area contributed by atoms with Crippen LogP contribution in [0.4, 0.5) is 0 Å². The molecule has 98 valence electrons. The molecule has 0 saturated carbocycles. The van der Waals surface area contributed by atoms with Gasteiger partial charge in [-0.2, -0.15) is 0 Å². The van der Waals surface area contributed by atoms with Crippen LogP contribution in [0.1, 0.15) is 17.2 Å². The van der Waals surface area contributed by atoms with Crippen LogP contribution in [0.3, 0.4) is 0 Å². The standard InChI is InChI=1S/C15H15NO3/c16-15(11-4-2-1-3-5-11)12-6-8-13(9-7-12)19-10-14(17)18/h1-9,15H,10,16H2,(H,17,18). The quantitative estimate of drug-likeness (QED) is 0.861. The van der Waals surface area contributed by atoms with Crippen LogP contribution in [0.15, 0.2) is 54.6 Å². The molecular formula is C15H15NO3. The summed E-state index contributed by atoms with van der Waals surface area (Å²) in [5.74, 6) is -0.475. The van der Waals surface area contributed by atoms with E-state index in [1.54, 1.807) is 12.1 Å². The van der Waals surface area contributed by atoms with Gasteiger partial charge in [0.05, 0.1) is 6.04 Å². The Hall–Kier alpha value is -2.33. The molecule has 4 nitrogen and oxygen atoms in total. The van der Waals surface area contributed by atoms with E-state index in [4.69, 9.17) is 15.6 Å². The zero-order valence-electron chi connectivity index (χ0n) is 10.3. The second-order valence-electron chi connectivity index (χ2n) is 4.14. The molecule has 4 heteroatoms. The average molecular weight is 257 g/mol. The lowest BCUT2D eigenvalue weighted by molar-refractivity contribution is -0.139. The summed E-state index contributed by atoms with van der Waals surface area (Å²) in [6, 6.07) is 16.7. The first kappa shape index (κ1) is 13.1. The summed E-state index contributed by atoms with van der Waals surface area (Å²) in [5.41, 5.74) is 8.14. The monoisotopic (exact) mass is 257 g/mol. The fraction of sp³-hybridized carbons (Fsp3) is 0.133. The van der Waals surface area contributed by atoms with Crippen molar-refractivity contribution in [2.75, 3.05) is 6.61 Å². The fourth-order valence-corrected chi connectivity index (χ4v) is 1.77. The summed E-state index contributed by atoms with van der Waals surface area (Å²) in [4.78, 5) is 10.4. The van der Waals surface area contributed by atoms with E-state index in [0.717, 1.165) is 11.1 Å². The molecule has 2 aromatic rings. The molecule has 0 aliphatic heterocycles. The molecule has 0 aliphatic rings.